The normalized spacial score (nSPS) is 14.9. The number of nitrogens with zero attached hydrogens (tertiary/aromatic N) is 1. The number of rotatable bonds is 9. The first-order valence-electron chi connectivity index (χ1n) is 7.24. The van der Waals surface area contributed by atoms with E-state index >= 15 is 0 Å². The summed E-state index contributed by atoms with van der Waals surface area (Å²) in [5.41, 5.74) is -2.02. The van der Waals surface area contributed by atoms with Crippen LogP contribution in [0.2, 0.25) is 0 Å². The van der Waals surface area contributed by atoms with E-state index in [9.17, 15) is 19.7 Å². The van der Waals surface area contributed by atoms with Crippen LogP contribution in [0, 0.1) is 10.1 Å². The van der Waals surface area contributed by atoms with Gasteiger partial charge in [-0.1, -0.05) is 6.92 Å². The molecule has 0 saturated heterocycles. The van der Waals surface area contributed by atoms with Gasteiger partial charge in [0, 0.05) is 17.8 Å². The van der Waals surface area contributed by atoms with E-state index in [1.807, 2.05) is 0 Å². The maximum atomic E-state index is 12.4. The van der Waals surface area contributed by atoms with Crippen molar-refractivity contribution in [1.29, 1.82) is 0 Å². The molecular formula is C15H21NO6. The zero-order chi connectivity index (χ0) is 16.8. The Balaban J connectivity index is 3.35. The molecule has 1 heterocycles. The first kappa shape index (κ1) is 17.9. The van der Waals surface area contributed by atoms with Gasteiger partial charge >= 0.3 is 11.5 Å². The number of furan rings is 1. The predicted molar refractivity (Wildman–Crippen MR) is 78.0 cm³/mol. The molecule has 0 N–H and O–H groups in total. The summed E-state index contributed by atoms with van der Waals surface area (Å²) in [6.07, 6.45) is 1.43. The largest absolute Gasteiger partial charge is 0.469 e. The summed E-state index contributed by atoms with van der Waals surface area (Å²) in [4.78, 5) is 34.9. The number of esters is 1. The average molecular weight is 311 g/mol. The summed E-state index contributed by atoms with van der Waals surface area (Å²) < 4.78 is 10.2. The average Bonchev–Trinajstić information content (AvgIpc) is 2.96. The number of Topliss-reactive ketones (excluding diaryl/α,β-unsaturated/α-hetero) is 1. The smallest absolute Gasteiger partial charge is 0.385 e. The second-order valence-corrected chi connectivity index (χ2v) is 5.08. The van der Waals surface area contributed by atoms with Crippen molar-refractivity contribution in [2.75, 3.05) is 6.61 Å². The van der Waals surface area contributed by atoms with Crippen LogP contribution in [0.15, 0.2) is 22.8 Å². The monoisotopic (exact) mass is 311 g/mol. The van der Waals surface area contributed by atoms with Crippen LogP contribution in [-0.4, -0.2) is 28.8 Å². The number of carbonyl (C=O) groups is 2. The number of ether oxygens (including phenoxy) is 1. The molecule has 0 radical (unpaired) electrons. The summed E-state index contributed by atoms with van der Waals surface area (Å²) in [6.45, 7) is 4.69. The highest BCUT2D eigenvalue weighted by molar-refractivity contribution is 5.82. The van der Waals surface area contributed by atoms with Crippen molar-refractivity contribution < 1.29 is 23.7 Å². The van der Waals surface area contributed by atoms with E-state index in [4.69, 9.17) is 9.15 Å². The van der Waals surface area contributed by atoms with Gasteiger partial charge in [-0.15, -0.1) is 0 Å². The lowest BCUT2D eigenvalue weighted by Crippen LogP contribution is -2.52. The minimum absolute atomic E-state index is 0.0308. The highest BCUT2D eigenvalue weighted by atomic mass is 16.6. The van der Waals surface area contributed by atoms with Crippen LogP contribution in [0.4, 0.5) is 0 Å². The van der Waals surface area contributed by atoms with Gasteiger partial charge in [0.2, 0.25) is 0 Å². The minimum Gasteiger partial charge on any atom is -0.469 e. The molecule has 122 valence electrons. The van der Waals surface area contributed by atoms with Crippen molar-refractivity contribution in [1.82, 2.24) is 0 Å². The number of ketones is 1. The van der Waals surface area contributed by atoms with Gasteiger partial charge in [0.15, 0.2) is 0 Å². The maximum absolute atomic E-state index is 12.4. The standard InChI is InChI=1S/C15H21NO6/c1-4-12(13-7-6-10-22-13)15(16(19)20,9-8-11(3)17)14(18)21-5-2/h6-7,10,12H,4-5,8-9H2,1-3H3. The van der Waals surface area contributed by atoms with Crippen molar-refractivity contribution in [3.8, 4) is 0 Å². The second kappa shape index (κ2) is 7.72. The van der Waals surface area contributed by atoms with Gasteiger partial charge in [-0.2, -0.15) is 0 Å². The SMILES string of the molecule is CCOC(=O)C(CCC(C)=O)(C(CC)c1ccco1)[N+](=O)[O-]. The van der Waals surface area contributed by atoms with Gasteiger partial charge in [0.25, 0.3) is 0 Å². The van der Waals surface area contributed by atoms with Crippen LogP contribution in [0.5, 0.6) is 0 Å². The van der Waals surface area contributed by atoms with Crippen molar-refractivity contribution in [3.05, 3.63) is 34.3 Å². The van der Waals surface area contributed by atoms with Crippen molar-refractivity contribution in [3.63, 3.8) is 0 Å². The van der Waals surface area contributed by atoms with Crippen LogP contribution in [0.3, 0.4) is 0 Å². The van der Waals surface area contributed by atoms with Crippen LogP contribution < -0.4 is 0 Å². The van der Waals surface area contributed by atoms with Crippen molar-refractivity contribution in [2.24, 2.45) is 0 Å². The third kappa shape index (κ3) is 3.52. The van der Waals surface area contributed by atoms with Gasteiger partial charge in [-0.25, -0.2) is 4.79 Å². The molecule has 0 amide bonds. The lowest BCUT2D eigenvalue weighted by Gasteiger charge is -2.29. The fraction of sp³-hybridized carbons (Fsp3) is 0.600. The number of nitro groups is 1. The Morgan fingerprint density at radius 2 is 2.14 bits per heavy atom. The molecule has 22 heavy (non-hydrogen) atoms. The third-order valence-electron chi connectivity index (χ3n) is 3.68. The van der Waals surface area contributed by atoms with Gasteiger partial charge in [0.1, 0.15) is 11.5 Å². The Hall–Kier alpha value is -2.18. The zero-order valence-electron chi connectivity index (χ0n) is 13.0. The lowest BCUT2D eigenvalue weighted by molar-refractivity contribution is -0.562. The van der Waals surface area contributed by atoms with Gasteiger partial charge in [-0.05, 0) is 32.4 Å². The number of hydrogen-bond donors (Lipinski definition) is 0. The summed E-state index contributed by atoms with van der Waals surface area (Å²) in [5, 5.41) is 11.8. The first-order valence-corrected chi connectivity index (χ1v) is 7.24. The molecule has 1 aromatic heterocycles. The zero-order valence-corrected chi connectivity index (χ0v) is 13.0. The molecule has 0 spiro atoms. The number of carbonyl (C=O) groups excluding carboxylic acids is 2. The maximum Gasteiger partial charge on any atom is 0.385 e. The Morgan fingerprint density at radius 1 is 1.45 bits per heavy atom. The van der Waals surface area contributed by atoms with Crippen LogP contribution >= 0.6 is 0 Å². The van der Waals surface area contributed by atoms with Gasteiger partial charge < -0.3 is 13.9 Å². The van der Waals surface area contributed by atoms with Crippen molar-refractivity contribution in [2.45, 2.75) is 51.5 Å². The van der Waals surface area contributed by atoms with E-state index in [0.717, 1.165) is 0 Å². The van der Waals surface area contributed by atoms with Crippen LogP contribution in [0.25, 0.3) is 0 Å². The Labute approximate surface area is 128 Å². The molecule has 2 atom stereocenters. The topological polar surface area (TPSA) is 99.7 Å². The Kier molecular flexibility index (Phi) is 6.27. The molecule has 1 aromatic rings. The van der Waals surface area contributed by atoms with E-state index < -0.39 is 22.3 Å². The van der Waals surface area contributed by atoms with E-state index in [1.165, 1.54) is 13.2 Å². The molecule has 2 unspecified atom stereocenters. The summed E-state index contributed by atoms with van der Waals surface area (Å²) in [5.74, 6) is -1.60. The summed E-state index contributed by atoms with van der Waals surface area (Å²) >= 11 is 0. The number of hydrogen-bond acceptors (Lipinski definition) is 6. The fourth-order valence-corrected chi connectivity index (χ4v) is 2.60. The van der Waals surface area contributed by atoms with E-state index in [-0.39, 0.29) is 25.2 Å². The van der Waals surface area contributed by atoms with Crippen LogP contribution in [0.1, 0.15) is 51.7 Å². The second-order valence-electron chi connectivity index (χ2n) is 5.08. The van der Waals surface area contributed by atoms with E-state index in [1.54, 1.807) is 26.0 Å². The van der Waals surface area contributed by atoms with Crippen molar-refractivity contribution >= 4 is 11.8 Å². The molecule has 0 aromatic carbocycles. The van der Waals surface area contributed by atoms with Crippen LogP contribution in [-0.2, 0) is 14.3 Å². The molecule has 0 aliphatic carbocycles. The van der Waals surface area contributed by atoms with E-state index in [0.29, 0.717) is 12.2 Å². The highest BCUT2D eigenvalue weighted by Gasteiger charge is 2.59. The highest BCUT2D eigenvalue weighted by Crippen LogP contribution is 2.39. The predicted octanol–water partition coefficient (Wildman–Crippen LogP) is 2.72. The summed E-state index contributed by atoms with van der Waals surface area (Å²) in [6, 6.07) is 3.21. The Morgan fingerprint density at radius 3 is 2.55 bits per heavy atom. The minimum atomic E-state index is -2.02. The molecule has 0 fully saturated rings. The van der Waals surface area contributed by atoms with E-state index in [2.05, 4.69) is 0 Å². The molecule has 7 nitrogen and oxygen atoms in total. The molecule has 0 saturated carbocycles. The quantitative estimate of drug-likeness (QED) is 0.395. The first-order chi connectivity index (χ1) is 10.4. The lowest BCUT2D eigenvalue weighted by atomic mass is 9.77. The molecule has 0 bridgehead atoms. The fourth-order valence-electron chi connectivity index (χ4n) is 2.60. The third-order valence-corrected chi connectivity index (χ3v) is 3.68. The van der Waals surface area contributed by atoms with Gasteiger partial charge in [0.05, 0.1) is 18.8 Å². The molecule has 0 aliphatic rings. The molecule has 7 heteroatoms. The molecule has 1 rings (SSSR count). The molecule has 0 aliphatic heterocycles. The van der Waals surface area contributed by atoms with Gasteiger partial charge in [-0.3, -0.25) is 10.1 Å². The Bertz CT molecular complexity index is 524. The molecular weight excluding hydrogens is 290 g/mol. The summed E-state index contributed by atoms with van der Waals surface area (Å²) in [7, 11) is 0.